The second kappa shape index (κ2) is 8.11. The predicted octanol–water partition coefficient (Wildman–Crippen LogP) is 4.44. The van der Waals surface area contributed by atoms with Crippen LogP contribution in [0.25, 0.3) is 0 Å². The van der Waals surface area contributed by atoms with E-state index in [1.54, 1.807) is 4.90 Å². The fraction of sp³-hybridized carbons (Fsp3) is 0.955. The molecule has 6 nitrogen and oxygen atoms in total. The smallest absolute Gasteiger partial charge is 0.412 e. The number of aliphatic hydroxyl groups excluding tert-OH is 1. The molecule has 1 saturated carbocycles. The Kier molecular flexibility index (Phi) is 6.33. The minimum Gasteiger partial charge on any atom is -0.444 e. The van der Waals surface area contributed by atoms with Crippen molar-refractivity contribution >= 4 is 6.09 Å². The standard InChI is InChI=1S/C22H39NO5/c1-14-12-17(26-19(14)24)18-16(13-15-10-8-7-9-11-15)23(22(5,6)27-18)20(25)28-21(2,3)4/h14-19,24H,7-13H2,1-6H3/t14-,16?,17-,18?,19?/m0/s1. The number of carbonyl (C=O) groups is 1. The van der Waals surface area contributed by atoms with Gasteiger partial charge in [-0.1, -0.05) is 39.0 Å². The third kappa shape index (κ3) is 4.82. The molecule has 2 heterocycles. The molecule has 6 heteroatoms. The lowest BCUT2D eigenvalue weighted by atomic mass is 9.82. The molecule has 0 aromatic heterocycles. The SMILES string of the molecule is C[C@H]1C[C@@H](C2OC(C)(C)N(C(=O)OC(C)(C)C)C2CC2CCCCC2)OC1O. The zero-order valence-electron chi connectivity index (χ0n) is 18.4. The summed E-state index contributed by atoms with van der Waals surface area (Å²) >= 11 is 0. The van der Waals surface area contributed by atoms with E-state index in [2.05, 4.69) is 0 Å². The molecule has 2 aliphatic heterocycles. The van der Waals surface area contributed by atoms with Gasteiger partial charge in [-0.25, -0.2) is 4.79 Å². The predicted molar refractivity (Wildman–Crippen MR) is 107 cm³/mol. The number of hydrogen-bond donors (Lipinski definition) is 1. The Bertz CT molecular complexity index is 542. The second-order valence-electron chi connectivity index (χ2n) is 10.5. The second-order valence-corrected chi connectivity index (χ2v) is 10.5. The van der Waals surface area contributed by atoms with E-state index in [4.69, 9.17) is 14.2 Å². The summed E-state index contributed by atoms with van der Waals surface area (Å²) in [6, 6.07) is -0.101. The van der Waals surface area contributed by atoms with Gasteiger partial charge in [0.15, 0.2) is 6.29 Å². The summed E-state index contributed by atoms with van der Waals surface area (Å²) in [7, 11) is 0. The van der Waals surface area contributed by atoms with Crippen LogP contribution in [0.2, 0.25) is 0 Å². The summed E-state index contributed by atoms with van der Waals surface area (Å²) in [6.45, 7) is 11.5. The molecule has 3 fully saturated rings. The highest BCUT2D eigenvalue weighted by Gasteiger charge is 2.55. The van der Waals surface area contributed by atoms with Crippen LogP contribution >= 0.6 is 0 Å². The highest BCUT2D eigenvalue weighted by molar-refractivity contribution is 5.70. The molecule has 0 spiro atoms. The highest BCUT2D eigenvalue weighted by atomic mass is 16.6. The van der Waals surface area contributed by atoms with Gasteiger partial charge >= 0.3 is 6.09 Å². The van der Waals surface area contributed by atoms with E-state index in [1.165, 1.54) is 32.1 Å². The number of rotatable bonds is 3. The van der Waals surface area contributed by atoms with Crippen molar-refractivity contribution in [1.82, 2.24) is 4.90 Å². The molecule has 5 atom stereocenters. The number of aliphatic hydroxyl groups is 1. The van der Waals surface area contributed by atoms with Crippen molar-refractivity contribution < 1.29 is 24.1 Å². The average Bonchev–Trinajstić information content (AvgIpc) is 3.03. The molecule has 0 bridgehead atoms. The zero-order chi connectivity index (χ0) is 20.7. The molecule has 0 aromatic carbocycles. The van der Waals surface area contributed by atoms with E-state index in [-0.39, 0.29) is 30.3 Å². The van der Waals surface area contributed by atoms with Gasteiger partial charge in [0.2, 0.25) is 0 Å². The van der Waals surface area contributed by atoms with Gasteiger partial charge in [0.1, 0.15) is 17.4 Å². The first-order chi connectivity index (χ1) is 13.0. The molecule has 2 saturated heterocycles. The van der Waals surface area contributed by atoms with Crippen molar-refractivity contribution in [3.63, 3.8) is 0 Å². The van der Waals surface area contributed by atoms with E-state index >= 15 is 0 Å². The molecule has 3 unspecified atom stereocenters. The maximum absolute atomic E-state index is 13.2. The van der Waals surface area contributed by atoms with Crippen LogP contribution in [0.3, 0.4) is 0 Å². The monoisotopic (exact) mass is 397 g/mol. The number of ether oxygens (including phenoxy) is 3. The van der Waals surface area contributed by atoms with Crippen LogP contribution in [0.15, 0.2) is 0 Å². The summed E-state index contributed by atoms with van der Waals surface area (Å²) in [6.07, 6.45) is 6.33. The fourth-order valence-electron chi connectivity index (χ4n) is 5.07. The fourth-order valence-corrected chi connectivity index (χ4v) is 5.07. The van der Waals surface area contributed by atoms with Crippen LogP contribution in [0.1, 0.15) is 86.5 Å². The number of amides is 1. The van der Waals surface area contributed by atoms with Crippen LogP contribution in [0.4, 0.5) is 4.79 Å². The molecular formula is C22H39NO5. The first-order valence-corrected chi connectivity index (χ1v) is 11.0. The maximum Gasteiger partial charge on any atom is 0.412 e. The summed E-state index contributed by atoms with van der Waals surface area (Å²) in [4.78, 5) is 15.0. The molecular weight excluding hydrogens is 358 g/mol. The summed E-state index contributed by atoms with van der Waals surface area (Å²) in [5.74, 6) is 0.662. The Morgan fingerprint density at radius 1 is 1.21 bits per heavy atom. The lowest BCUT2D eigenvalue weighted by Crippen LogP contribution is -2.51. The molecule has 3 aliphatic rings. The van der Waals surface area contributed by atoms with E-state index in [0.717, 1.165) is 12.8 Å². The van der Waals surface area contributed by atoms with Crippen molar-refractivity contribution in [2.45, 2.75) is 122 Å². The van der Waals surface area contributed by atoms with Crippen LogP contribution in [-0.2, 0) is 14.2 Å². The third-order valence-corrected chi connectivity index (χ3v) is 6.38. The van der Waals surface area contributed by atoms with Crippen LogP contribution in [0, 0.1) is 11.8 Å². The molecule has 0 aromatic rings. The summed E-state index contributed by atoms with van der Waals surface area (Å²) < 4.78 is 18.0. The quantitative estimate of drug-likeness (QED) is 0.762. The summed E-state index contributed by atoms with van der Waals surface area (Å²) in [5, 5.41) is 10.1. The maximum atomic E-state index is 13.2. The Morgan fingerprint density at radius 3 is 2.39 bits per heavy atom. The molecule has 1 aliphatic carbocycles. The zero-order valence-corrected chi connectivity index (χ0v) is 18.4. The van der Waals surface area contributed by atoms with Gasteiger partial charge in [0.25, 0.3) is 0 Å². The Hall–Kier alpha value is -0.850. The lowest BCUT2D eigenvalue weighted by molar-refractivity contribution is -0.154. The molecule has 1 N–H and O–H groups in total. The van der Waals surface area contributed by atoms with Crippen molar-refractivity contribution in [2.75, 3.05) is 0 Å². The minimum atomic E-state index is -0.771. The highest BCUT2D eigenvalue weighted by Crippen LogP contribution is 2.43. The Balaban J connectivity index is 1.85. The molecule has 3 rings (SSSR count). The van der Waals surface area contributed by atoms with Crippen molar-refractivity contribution in [3.8, 4) is 0 Å². The van der Waals surface area contributed by atoms with E-state index in [1.807, 2.05) is 41.5 Å². The number of carbonyl (C=O) groups excluding carboxylic acids is 1. The van der Waals surface area contributed by atoms with Crippen LogP contribution < -0.4 is 0 Å². The Morgan fingerprint density at radius 2 is 1.86 bits per heavy atom. The average molecular weight is 398 g/mol. The van der Waals surface area contributed by atoms with Gasteiger partial charge in [0.05, 0.1) is 12.1 Å². The molecule has 28 heavy (non-hydrogen) atoms. The van der Waals surface area contributed by atoms with E-state index in [0.29, 0.717) is 5.92 Å². The third-order valence-electron chi connectivity index (χ3n) is 6.38. The topological polar surface area (TPSA) is 68.2 Å². The van der Waals surface area contributed by atoms with Crippen LogP contribution in [-0.4, -0.2) is 52.0 Å². The van der Waals surface area contributed by atoms with Gasteiger partial charge in [-0.05, 0) is 53.4 Å². The van der Waals surface area contributed by atoms with Crippen molar-refractivity contribution in [2.24, 2.45) is 11.8 Å². The van der Waals surface area contributed by atoms with Crippen LogP contribution in [0.5, 0.6) is 0 Å². The van der Waals surface area contributed by atoms with Crippen molar-refractivity contribution in [1.29, 1.82) is 0 Å². The minimum absolute atomic E-state index is 0.0719. The molecule has 1 amide bonds. The van der Waals surface area contributed by atoms with Gasteiger partial charge < -0.3 is 19.3 Å². The normalized spacial score (nSPS) is 36.7. The van der Waals surface area contributed by atoms with Gasteiger partial charge in [-0.3, -0.25) is 4.90 Å². The first kappa shape index (κ1) is 21.8. The van der Waals surface area contributed by atoms with Gasteiger partial charge in [-0.15, -0.1) is 0 Å². The number of nitrogens with zero attached hydrogens (tertiary/aromatic N) is 1. The summed E-state index contributed by atoms with van der Waals surface area (Å²) in [5.41, 5.74) is -1.33. The first-order valence-electron chi connectivity index (χ1n) is 11.0. The van der Waals surface area contributed by atoms with Crippen molar-refractivity contribution in [3.05, 3.63) is 0 Å². The Labute approximate surface area is 169 Å². The van der Waals surface area contributed by atoms with Gasteiger partial charge in [-0.2, -0.15) is 0 Å². The van der Waals surface area contributed by atoms with E-state index in [9.17, 15) is 9.90 Å². The molecule has 0 radical (unpaired) electrons. The number of hydrogen-bond acceptors (Lipinski definition) is 5. The molecule has 162 valence electrons. The lowest BCUT2D eigenvalue weighted by Gasteiger charge is -2.37. The van der Waals surface area contributed by atoms with E-state index < -0.39 is 17.6 Å². The van der Waals surface area contributed by atoms with Gasteiger partial charge in [0, 0.05) is 5.92 Å². The largest absolute Gasteiger partial charge is 0.444 e.